The van der Waals surface area contributed by atoms with Crippen molar-refractivity contribution in [3.63, 3.8) is 0 Å². The zero-order chi connectivity index (χ0) is 13.7. The Morgan fingerprint density at radius 2 is 2.11 bits per heavy atom. The lowest BCUT2D eigenvalue weighted by molar-refractivity contribution is -0.120. The van der Waals surface area contributed by atoms with Gasteiger partial charge in [-0.1, -0.05) is 19.9 Å². The number of nitrogens with one attached hydrogen (secondary N) is 1. The second-order valence-corrected chi connectivity index (χ2v) is 5.11. The molecule has 2 heterocycles. The second kappa shape index (κ2) is 6.43. The first kappa shape index (κ1) is 13.7. The van der Waals surface area contributed by atoms with Crippen LogP contribution in [0.5, 0.6) is 0 Å². The monoisotopic (exact) mass is 275 g/mol. The Morgan fingerprint density at radius 3 is 2.74 bits per heavy atom. The van der Waals surface area contributed by atoms with Gasteiger partial charge in [0.25, 0.3) is 0 Å². The molecular weight excluding hydrogens is 258 g/mol. The molecule has 0 aliphatic rings. The Hall–Kier alpha value is -1.75. The van der Waals surface area contributed by atoms with Crippen LogP contribution < -0.4 is 5.32 Å². The fraction of sp³-hybridized carbons (Fsp3) is 0.357. The van der Waals surface area contributed by atoms with Gasteiger partial charge in [0.05, 0.1) is 5.69 Å². The molecule has 1 N–H and O–H groups in total. The average Bonchev–Trinajstić information content (AvgIpc) is 2.89. The van der Waals surface area contributed by atoms with Gasteiger partial charge in [-0.3, -0.25) is 9.78 Å². The Morgan fingerprint density at radius 1 is 1.32 bits per heavy atom. The number of carbonyl (C=O) groups is 1. The van der Waals surface area contributed by atoms with Gasteiger partial charge in [-0.2, -0.15) is 0 Å². The molecule has 0 atom stereocenters. The average molecular weight is 275 g/mol. The van der Waals surface area contributed by atoms with Crippen LogP contribution in [0.2, 0.25) is 0 Å². The topological polar surface area (TPSA) is 54.9 Å². The smallest absolute Gasteiger partial charge is 0.229 e. The Bertz CT molecular complexity index is 535. The van der Waals surface area contributed by atoms with Crippen molar-refractivity contribution in [2.45, 2.75) is 26.7 Å². The molecule has 2 aromatic rings. The van der Waals surface area contributed by atoms with Crippen molar-refractivity contribution in [3.8, 4) is 11.4 Å². The molecular formula is C14H17N3OS. The minimum atomic E-state index is 0.0481. The molecule has 19 heavy (non-hydrogen) atoms. The fourth-order valence-electron chi connectivity index (χ4n) is 1.83. The van der Waals surface area contributed by atoms with Gasteiger partial charge in [-0.25, -0.2) is 4.98 Å². The van der Waals surface area contributed by atoms with E-state index in [2.05, 4.69) is 15.3 Å². The highest BCUT2D eigenvalue weighted by molar-refractivity contribution is 7.14. The first-order chi connectivity index (χ1) is 9.24. The minimum absolute atomic E-state index is 0.0481. The maximum absolute atomic E-state index is 12.0. The van der Waals surface area contributed by atoms with E-state index in [1.54, 1.807) is 6.20 Å². The molecule has 5 heteroatoms. The molecule has 1 amide bonds. The van der Waals surface area contributed by atoms with E-state index in [0.29, 0.717) is 5.13 Å². The van der Waals surface area contributed by atoms with Crippen molar-refractivity contribution in [2.24, 2.45) is 5.92 Å². The Kier molecular flexibility index (Phi) is 4.63. The van der Waals surface area contributed by atoms with Crippen LogP contribution in [0.1, 0.15) is 26.7 Å². The van der Waals surface area contributed by atoms with Gasteiger partial charge in [0.1, 0.15) is 5.69 Å². The van der Waals surface area contributed by atoms with E-state index < -0.39 is 0 Å². The molecule has 4 nitrogen and oxygen atoms in total. The van der Waals surface area contributed by atoms with Gasteiger partial charge in [-0.15, -0.1) is 11.3 Å². The lowest BCUT2D eigenvalue weighted by Gasteiger charge is -2.10. The van der Waals surface area contributed by atoms with Gasteiger partial charge in [0.15, 0.2) is 5.13 Å². The minimum Gasteiger partial charge on any atom is -0.302 e. The fourth-order valence-corrected chi connectivity index (χ4v) is 2.54. The molecule has 100 valence electrons. The van der Waals surface area contributed by atoms with E-state index in [9.17, 15) is 4.79 Å². The number of amides is 1. The third-order valence-electron chi connectivity index (χ3n) is 3.02. The van der Waals surface area contributed by atoms with Gasteiger partial charge in [0.2, 0.25) is 5.91 Å². The van der Waals surface area contributed by atoms with E-state index in [4.69, 9.17) is 0 Å². The van der Waals surface area contributed by atoms with Crippen LogP contribution in [0.25, 0.3) is 11.4 Å². The third kappa shape index (κ3) is 3.38. The van der Waals surface area contributed by atoms with Crippen LogP contribution in [-0.4, -0.2) is 15.9 Å². The number of thiazole rings is 1. The van der Waals surface area contributed by atoms with Gasteiger partial charge in [0, 0.05) is 17.5 Å². The number of nitrogens with zero attached hydrogens (tertiary/aromatic N) is 2. The first-order valence-corrected chi connectivity index (χ1v) is 7.30. The number of hydrogen-bond acceptors (Lipinski definition) is 4. The number of aromatic nitrogens is 2. The second-order valence-electron chi connectivity index (χ2n) is 4.26. The zero-order valence-electron chi connectivity index (χ0n) is 11.1. The highest BCUT2D eigenvalue weighted by Gasteiger charge is 2.15. The quantitative estimate of drug-likeness (QED) is 0.907. The van der Waals surface area contributed by atoms with Crippen LogP contribution in [0.15, 0.2) is 29.8 Å². The summed E-state index contributed by atoms with van der Waals surface area (Å²) in [7, 11) is 0. The summed E-state index contributed by atoms with van der Waals surface area (Å²) in [5.74, 6) is 0.106. The van der Waals surface area contributed by atoms with E-state index in [1.165, 1.54) is 11.3 Å². The molecule has 0 radical (unpaired) electrons. The van der Waals surface area contributed by atoms with Crippen LogP contribution in [-0.2, 0) is 4.79 Å². The Balaban J connectivity index is 2.08. The molecule has 0 spiro atoms. The van der Waals surface area contributed by atoms with Crippen LogP contribution >= 0.6 is 11.3 Å². The number of hydrogen-bond donors (Lipinski definition) is 1. The molecule has 0 bridgehead atoms. The summed E-state index contributed by atoms with van der Waals surface area (Å²) in [5.41, 5.74) is 1.62. The number of pyridine rings is 1. The van der Waals surface area contributed by atoms with Crippen molar-refractivity contribution >= 4 is 22.4 Å². The van der Waals surface area contributed by atoms with E-state index in [1.807, 2.05) is 37.4 Å². The maximum Gasteiger partial charge on any atom is 0.229 e. The van der Waals surface area contributed by atoms with E-state index in [-0.39, 0.29) is 11.8 Å². The zero-order valence-corrected chi connectivity index (χ0v) is 11.9. The molecule has 0 aliphatic heterocycles. The third-order valence-corrected chi connectivity index (χ3v) is 3.78. The summed E-state index contributed by atoms with van der Waals surface area (Å²) in [4.78, 5) is 20.6. The summed E-state index contributed by atoms with van der Waals surface area (Å²) in [6, 6.07) is 5.69. The van der Waals surface area contributed by atoms with Gasteiger partial charge < -0.3 is 5.32 Å². The normalized spacial score (nSPS) is 10.7. The largest absolute Gasteiger partial charge is 0.302 e. The SMILES string of the molecule is CCC(CC)C(=O)Nc1nc(-c2ccccn2)cs1. The molecule has 0 fully saturated rings. The number of carbonyl (C=O) groups excluding carboxylic acids is 1. The number of rotatable bonds is 5. The molecule has 0 aromatic carbocycles. The maximum atomic E-state index is 12.0. The first-order valence-electron chi connectivity index (χ1n) is 6.42. The van der Waals surface area contributed by atoms with Crippen LogP contribution in [0.4, 0.5) is 5.13 Å². The summed E-state index contributed by atoms with van der Waals surface area (Å²) in [6.45, 7) is 4.05. The van der Waals surface area contributed by atoms with Crippen LogP contribution in [0, 0.1) is 5.92 Å². The highest BCUT2D eigenvalue weighted by atomic mass is 32.1. The molecule has 2 rings (SSSR count). The summed E-state index contributed by atoms with van der Waals surface area (Å²) < 4.78 is 0. The van der Waals surface area contributed by atoms with Gasteiger partial charge >= 0.3 is 0 Å². The molecule has 0 unspecified atom stereocenters. The molecule has 0 aliphatic carbocycles. The molecule has 0 saturated carbocycles. The van der Waals surface area contributed by atoms with Crippen molar-refractivity contribution in [2.75, 3.05) is 5.32 Å². The predicted octanol–water partition coefficient (Wildman–Crippen LogP) is 3.58. The Labute approximate surface area is 116 Å². The lowest BCUT2D eigenvalue weighted by Crippen LogP contribution is -2.21. The molecule has 0 saturated heterocycles. The van der Waals surface area contributed by atoms with Crippen molar-refractivity contribution in [3.05, 3.63) is 29.8 Å². The standard InChI is InChI=1S/C14H17N3OS/c1-3-10(4-2)13(18)17-14-16-12(9-19-14)11-7-5-6-8-15-11/h5-10H,3-4H2,1-2H3,(H,16,17,18). The highest BCUT2D eigenvalue weighted by Crippen LogP contribution is 2.24. The van der Waals surface area contributed by atoms with E-state index >= 15 is 0 Å². The summed E-state index contributed by atoms with van der Waals surface area (Å²) in [6.07, 6.45) is 3.43. The van der Waals surface area contributed by atoms with Crippen molar-refractivity contribution in [1.29, 1.82) is 0 Å². The van der Waals surface area contributed by atoms with Crippen molar-refractivity contribution in [1.82, 2.24) is 9.97 Å². The van der Waals surface area contributed by atoms with Gasteiger partial charge in [-0.05, 0) is 25.0 Å². The summed E-state index contributed by atoms with van der Waals surface area (Å²) >= 11 is 1.43. The molecule has 2 aromatic heterocycles. The van der Waals surface area contributed by atoms with E-state index in [0.717, 1.165) is 24.2 Å². The number of anilines is 1. The summed E-state index contributed by atoms with van der Waals surface area (Å²) in [5, 5.41) is 5.42. The predicted molar refractivity (Wildman–Crippen MR) is 78.0 cm³/mol. The lowest BCUT2D eigenvalue weighted by atomic mass is 10.0. The van der Waals surface area contributed by atoms with Crippen molar-refractivity contribution < 1.29 is 4.79 Å². The van der Waals surface area contributed by atoms with Crippen LogP contribution in [0.3, 0.4) is 0 Å².